The summed E-state index contributed by atoms with van der Waals surface area (Å²) in [5.74, 6) is 0.405. The zero-order valence-electron chi connectivity index (χ0n) is 15.6. The van der Waals surface area contributed by atoms with Crippen molar-refractivity contribution in [2.24, 2.45) is 0 Å². The van der Waals surface area contributed by atoms with Crippen molar-refractivity contribution in [3.8, 4) is 11.5 Å². The molecule has 2 N–H and O–H groups in total. The predicted molar refractivity (Wildman–Crippen MR) is 98.0 cm³/mol. The summed E-state index contributed by atoms with van der Waals surface area (Å²) in [6.45, 7) is 3.36. The fourth-order valence-electron chi connectivity index (χ4n) is 2.82. The van der Waals surface area contributed by atoms with Crippen molar-refractivity contribution < 1.29 is 22.7 Å². The van der Waals surface area contributed by atoms with Crippen LogP contribution in [0.5, 0.6) is 11.5 Å². The molecular formula is C17H27N3O5S. The van der Waals surface area contributed by atoms with E-state index in [9.17, 15) is 13.2 Å². The van der Waals surface area contributed by atoms with Gasteiger partial charge in [-0.2, -0.15) is 4.72 Å². The standard InChI is InChI=1S/C17H27N3O5S/c1-12(17(21)18-13-7-9-20(2)10-8-13)19-26(22,23)14-5-6-15(24-3)16(11-14)25-4/h5-6,11-13,19H,7-10H2,1-4H3,(H,18,21)/t12-/m1/s1. The van der Waals surface area contributed by atoms with Gasteiger partial charge in [0.1, 0.15) is 0 Å². The van der Waals surface area contributed by atoms with E-state index in [1.54, 1.807) is 0 Å². The molecule has 0 bridgehead atoms. The van der Waals surface area contributed by atoms with E-state index in [2.05, 4.69) is 14.9 Å². The number of ether oxygens (including phenoxy) is 2. The number of likely N-dealkylation sites (tertiary alicyclic amines) is 1. The van der Waals surface area contributed by atoms with E-state index in [0.717, 1.165) is 25.9 Å². The number of carbonyl (C=O) groups excluding carboxylic acids is 1. The van der Waals surface area contributed by atoms with Crippen molar-refractivity contribution in [2.45, 2.75) is 36.7 Å². The molecular weight excluding hydrogens is 358 g/mol. The largest absolute Gasteiger partial charge is 0.493 e. The average Bonchev–Trinajstić information content (AvgIpc) is 2.62. The number of hydrogen-bond acceptors (Lipinski definition) is 6. The first-order chi connectivity index (χ1) is 12.3. The number of methoxy groups -OCH3 is 2. The summed E-state index contributed by atoms with van der Waals surface area (Å²) in [7, 11) is 1.08. The molecule has 0 unspecified atom stereocenters. The summed E-state index contributed by atoms with van der Waals surface area (Å²) in [5, 5.41) is 2.92. The highest BCUT2D eigenvalue weighted by Crippen LogP contribution is 2.29. The van der Waals surface area contributed by atoms with Gasteiger partial charge in [0.15, 0.2) is 11.5 Å². The fraction of sp³-hybridized carbons (Fsp3) is 0.588. The Morgan fingerprint density at radius 3 is 2.38 bits per heavy atom. The Balaban J connectivity index is 2.02. The van der Waals surface area contributed by atoms with Gasteiger partial charge >= 0.3 is 0 Å². The van der Waals surface area contributed by atoms with Gasteiger partial charge in [0.2, 0.25) is 15.9 Å². The second kappa shape index (κ2) is 8.70. The molecule has 1 aliphatic rings. The Labute approximate surface area is 154 Å². The topological polar surface area (TPSA) is 97.0 Å². The molecule has 1 aromatic rings. The third-order valence-electron chi connectivity index (χ3n) is 4.46. The lowest BCUT2D eigenvalue weighted by atomic mass is 10.1. The number of piperidine rings is 1. The minimum absolute atomic E-state index is 0.00842. The Morgan fingerprint density at radius 1 is 1.19 bits per heavy atom. The predicted octanol–water partition coefficient (Wildman–Crippen LogP) is 0.581. The molecule has 0 spiro atoms. The van der Waals surface area contributed by atoms with Crippen LogP contribution in [0.2, 0.25) is 0 Å². The second-order valence-electron chi connectivity index (χ2n) is 6.45. The maximum atomic E-state index is 12.6. The van der Waals surface area contributed by atoms with E-state index >= 15 is 0 Å². The van der Waals surface area contributed by atoms with Gasteiger partial charge in [0.25, 0.3) is 0 Å². The maximum absolute atomic E-state index is 12.6. The molecule has 2 rings (SSSR count). The third-order valence-corrected chi connectivity index (χ3v) is 5.99. The van der Waals surface area contributed by atoms with E-state index in [-0.39, 0.29) is 16.8 Å². The van der Waals surface area contributed by atoms with Crippen LogP contribution < -0.4 is 19.5 Å². The van der Waals surface area contributed by atoms with Crippen LogP contribution in [-0.4, -0.2) is 65.7 Å². The average molecular weight is 385 g/mol. The Kier molecular flexibility index (Phi) is 6.85. The number of nitrogens with zero attached hydrogens (tertiary/aromatic N) is 1. The monoisotopic (exact) mass is 385 g/mol. The Bertz CT molecular complexity index is 730. The summed E-state index contributed by atoms with van der Waals surface area (Å²) in [5.41, 5.74) is 0. The van der Waals surface area contributed by atoms with Gasteiger partial charge in [-0.3, -0.25) is 4.79 Å². The highest BCUT2D eigenvalue weighted by atomic mass is 32.2. The van der Waals surface area contributed by atoms with Crippen molar-refractivity contribution in [3.63, 3.8) is 0 Å². The summed E-state index contributed by atoms with van der Waals surface area (Å²) in [6.07, 6.45) is 1.72. The van der Waals surface area contributed by atoms with E-state index in [1.807, 2.05) is 7.05 Å². The van der Waals surface area contributed by atoms with Gasteiger partial charge in [-0.05, 0) is 52.0 Å². The van der Waals surface area contributed by atoms with Crippen LogP contribution in [0.15, 0.2) is 23.1 Å². The lowest BCUT2D eigenvalue weighted by molar-refractivity contribution is -0.123. The van der Waals surface area contributed by atoms with Crippen molar-refractivity contribution >= 4 is 15.9 Å². The van der Waals surface area contributed by atoms with Gasteiger partial charge in [0.05, 0.1) is 25.2 Å². The molecule has 9 heteroatoms. The Morgan fingerprint density at radius 2 is 1.81 bits per heavy atom. The normalized spacial score (nSPS) is 17.5. The molecule has 0 radical (unpaired) electrons. The van der Waals surface area contributed by atoms with Gasteiger partial charge < -0.3 is 19.7 Å². The van der Waals surface area contributed by atoms with Gasteiger partial charge in [-0.25, -0.2) is 8.42 Å². The van der Waals surface area contributed by atoms with E-state index in [1.165, 1.54) is 39.3 Å². The van der Waals surface area contributed by atoms with Crippen LogP contribution in [0.3, 0.4) is 0 Å². The van der Waals surface area contributed by atoms with E-state index < -0.39 is 16.1 Å². The number of benzene rings is 1. The highest BCUT2D eigenvalue weighted by molar-refractivity contribution is 7.89. The molecule has 1 aliphatic heterocycles. The van der Waals surface area contributed by atoms with Crippen molar-refractivity contribution in [2.75, 3.05) is 34.4 Å². The molecule has 1 atom stereocenters. The van der Waals surface area contributed by atoms with Gasteiger partial charge in [-0.15, -0.1) is 0 Å². The third kappa shape index (κ3) is 5.09. The summed E-state index contributed by atoms with van der Waals surface area (Å²) in [6, 6.07) is 3.48. The first-order valence-electron chi connectivity index (χ1n) is 8.50. The summed E-state index contributed by atoms with van der Waals surface area (Å²) in [4.78, 5) is 14.5. The van der Waals surface area contributed by atoms with Gasteiger partial charge in [-0.1, -0.05) is 0 Å². The number of rotatable bonds is 7. The molecule has 0 aromatic heterocycles. The van der Waals surface area contributed by atoms with Crippen LogP contribution in [0.4, 0.5) is 0 Å². The van der Waals surface area contributed by atoms with Crippen LogP contribution >= 0.6 is 0 Å². The van der Waals surface area contributed by atoms with Gasteiger partial charge in [0, 0.05) is 12.1 Å². The van der Waals surface area contributed by atoms with Crippen molar-refractivity contribution in [1.29, 1.82) is 0 Å². The molecule has 8 nitrogen and oxygen atoms in total. The van der Waals surface area contributed by atoms with Crippen LogP contribution in [0.25, 0.3) is 0 Å². The number of carbonyl (C=O) groups is 1. The summed E-state index contributed by atoms with van der Waals surface area (Å²) < 4.78 is 37.8. The van der Waals surface area contributed by atoms with Crippen molar-refractivity contribution in [1.82, 2.24) is 14.9 Å². The number of amides is 1. The molecule has 26 heavy (non-hydrogen) atoms. The quantitative estimate of drug-likeness (QED) is 0.713. The molecule has 1 amide bonds. The number of hydrogen-bond donors (Lipinski definition) is 2. The second-order valence-corrected chi connectivity index (χ2v) is 8.16. The zero-order chi connectivity index (χ0) is 19.3. The lowest BCUT2D eigenvalue weighted by Gasteiger charge is -2.30. The molecule has 146 valence electrons. The first kappa shape index (κ1) is 20.5. The lowest BCUT2D eigenvalue weighted by Crippen LogP contribution is -2.50. The Hall–Kier alpha value is -1.84. The number of sulfonamides is 1. The molecule has 1 saturated heterocycles. The molecule has 1 fully saturated rings. The van der Waals surface area contributed by atoms with E-state index in [4.69, 9.17) is 9.47 Å². The number of nitrogens with one attached hydrogen (secondary N) is 2. The molecule has 0 aliphatic carbocycles. The van der Waals surface area contributed by atoms with Crippen LogP contribution in [-0.2, 0) is 14.8 Å². The molecule has 1 aromatic carbocycles. The molecule has 0 saturated carbocycles. The van der Waals surface area contributed by atoms with Crippen LogP contribution in [0, 0.1) is 0 Å². The first-order valence-corrected chi connectivity index (χ1v) is 9.98. The highest BCUT2D eigenvalue weighted by Gasteiger charge is 2.26. The maximum Gasteiger partial charge on any atom is 0.241 e. The fourth-order valence-corrected chi connectivity index (χ4v) is 4.04. The van der Waals surface area contributed by atoms with E-state index in [0.29, 0.717) is 11.5 Å². The van der Waals surface area contributed by atoms with Crippen LogP contribution in [0.1, 0.15) is 19.8 Å². The smallest absolute Gasteiger partial charge is 0.241 e. The van der Waals surface area contributed by atoms with Crippen molar-refractivity contribution in [3.05, 3.63) is 18.2 Å². The molecule has 1 heterocycles. The summed E-state index contributed by atoms with van der Waals surface area (Å²) >= 11 is 0. The zero-order valence-corrected chi connectivity index (χ0v) is 16.4. The SMILES string of the molecule is COc1ccc(S(=O)(=O)N[C@H](C)C(=O)NC2CCN(C)CC2)cc1OC. The minimum atomic E-state index is -3.87. The minimum Gasteiger partial charge on any atom is -0.493 e.